The lowest BCUT2D eigenvalue weighted by atomic mass is 10.2. The smallest absolute Gasteiger partial charge is 0.323 e. The summed E-state index contributed by atoms with van der Waals surface area (Å²) in [6.07, 6.45) is 1.61. The van der Waals surface area contributed by atoms with E-state index < -0.39 is 11.8 Å². The minimum Gasteiger partial charge on any atom is -0.444 e. The third-order valence-corrected chi connectivity index (χ3v) is 4.59. The van der Waals surface area contributed by atoms with Crippen molar-refractivity contribution in [2.75, 3.05) is 10.6 Å². The minimum atomic E-state index is -0.462. The van der Waals surface area contributed by atoms with E-state index in [1.165, 1.54) is 18.2 Å². The van der Waals surface area contributed by atoms with E-state index in [9.17, 15) is 9.18 Å². The van der Waals surface area contributed by atoms with E-state index in [-0.39, 0.29) is 0 Å². The van der Waals surface area contributed by atoms with Gasteiger partial charge in [-0.3, -0.25) is 0 Å². The van der Waals surface area contributed by atoms with Crippen LogP contribution < -0.4 is 10.6 Å². The van der Waals surface area contributed by atoms with Crippen LogP contribution in [0.5, 0.6) is 0 Å². The average molecular weight is 452 g/mol. The molecule has 3 aromatic carbocycles. The third-order valence-electron chi connectivity index (χ3n) is 4.10. The molecule has 7 heteroatoms. The Morgan fingerprint density at radius 1 is 0.897 bits per heavy atom. The third kappa shape index (κ3) is 4.70. The molecule has 0 saturated carbocycles. The van der Waals surface area contributed by atoms with Crippen LogP contribution in [0.15, 0.2) is 87.9 Å². The number of hydrogen-bond donors (Lipinski definition) is 2. The van der Waals surface area contributed by atoms with Crippen molar-refractivity contribution >= 4 is 33.3 Å². The summed E-state index contributed by atoms with van der Waals surface area (Å²) in [5, 5.41) is 5.28. The van der Waals surface area contributed by atoms with Gasteiger partial charge in [-0.1, -0.05) is 34.1 Å². The summed E-state index contributed by atoms with van der Waals surface area (Å²) in [6, 6.07) is 20.1. The van der Waals surface area contributed by atoms with Crippen LogP contribution in [0.3, 0.4) is 0 Å². The summed E-state index contributed by atoms with van der Waals surface area (Å²) in [5.74, 6) is 0.0658. The van der Waals surface area contributed by atoms with E-state index in [0.29, 0.717) is 17.3 Å². The molecule has 0 fully saturated rings. The number of halogens is 2. The molecule has 5 nitrogen and oxygen atoms in total. The highest BCUT2D eigenvalue weighted by Gasteiger charge is 2.10. The Morgan fingerprint density at radius 2 is 1.66 bits per heavy atom. The highest BCUT2D eigenvalue weighted by atomic mass is 79.9. The van der Waals surface area contributed by atoms with Crippen molar-refractivity contribution in [3.05, 3.63) is 89.3 Å². The lowest BCUT2D eigenvalue weighted by molar-refractivity contribution is 0.262. The first-order chi connectivity index (χ1) is 14.1. The molecular weight excluding hydrogens is 437 g/mol. The zero-order valence-corrected chi connectivity index (χ0v) is 16.6. The van der Waals surface area contributed by atoms with Gasteiger partial charge >= 0.3 is 6.03 Å². The van der Waals surface area contributed by atoms with Crippen LogP contribution in [-0.4, -0.2) is 11.0 Å². The van der Waals surface area contributed by atoms with Crippen LogP contribution in [0, 0.1) is 5.82 Å². The highest BCUT2D eigenvalue weighted by molar-refractivity contribution is 9.10. The number of anilines is 2. The SMILES string of the molecule is O=C(Nc1ccc(-c2nc(-c3cccc(Br)c3)co2)cc1)Nc1cccc(F)c1. The Bertz CT molecular complexity index is 1160. The molecular formula is C22H15BrFN3O2. The lowest BCUT2D eigenvalue weighted by Gasteiger charge is -2.08. The molecule has 1 heterocycles. The summed E-state index contributed by atoms with van der Waals surface area (Å²) < 4.78 is 19.7. The number of nitrogens with zero attached hydrogens (tertiary/aromatic N) is 1. The number of benzene rings is 3. The quantitative estimate of drug-likeness (QED) is 0.369. The van der Waals surface area contributed by atoms with Gasteiger partial charge in [-0.05, 0) is 54.6 Å². The maximum Gasteiger partial charge on any atom is 0.323 e. The summed E-state index contributed by atoms with van der Waals surface area (Å²) in [7, 11) is 0. The number of carbonyl (C=O) groups is 1. The van der Waals surface area contributed by atoms with Gasteiger partial charge in [0.2, 0.25) is 5.89 Å². The average Bonchev–Trinajstić information content (AvgIpc) is 3.19. The van der Waals surface area contributed by atoms with E-state index in [1.807, 2.05) is 24.3 Å². The zero-order valence-electron chi connectivity index (χ0n) is 15.0. The Morgan fingerprint density at radius 3 is 2.41 bits per heavy atom. The van der Waals surface area contributed by atoms with Crippen molar-refractivity contribution in [1.29, 1.82) is 0 Å². The molecule has 0 radical (unpaired) electrons. The number of carbonyl (C=O) groups excluding carboxylic acids is 1. The van der Waals surface area contributed by atoms with Gasteiger partial charge in [0.05, 0.1) is 0 Å². The summed E-state index contributed by atoms with van der Waals surface area (Å²) >= 11 is 3.45. The number of nitrogens with one attached hydrogen (secondary N) is 2. The molecule has 4 aromatic rings. The van der Waals surface area contributed by atoms with Crippen molar-refractivity contribution in [3.8, 4) is 22.7 Å². The van der Waals surface area contributed by atoms with Crippen molar-refractivity contribution < 1.29 is 13.6 Å². The number of amides is 2. The largest absolute Gasteiger partial charge is 0.444 e. The molecule has 0 saturated heterocycles. The first-order valence-corrected chi connectivity index (χ1v) is 9.51. The predicted molar refractivity (Wildman–Crippen MR) is 114 cm³/mol. The van der Waals surface area contributed by atoms with Crippen LogP contribution in [-0.2, 0) is 0 Å². The molecule has 0 aliphatic carbocycles. The number of rotatable bonds is 4. The predicted octanol–water partition coefficient (Wildman–Crippen LogP) is 6.55. The van der Waals surface area contributed by atoms with Gasteiger partial charge in [0, 0.05) is 27.0 Å². The Balaban J connectivity index is 1.43. The van der Waals surface area contributed by atoms with Crippen molar-refractivity contribution in [2.45, 2.75) is 0 Å². The summed E-state index contributed by atoms with van der Waals surface area (Å²) in [6.45, 7) is 0. The number of urea groups is 1. The number of aromatic nitrogens is 1. The highest BCUT2D eigenvalue weighted by Crippen LogP contribution is 2.27. The Kier molecular flexibility index (Phi) is 5.39. The molecule has 4 rings (SSSR count). The molecule has 0 aliphatic heterocycles. The topological polar surface area (TPSA) is 67.2 Å². The molecule has 0 spiro atoms. The Labute approximate surface area is 174 Å². The molecule has 0 aliphatic rings. The van der Waals surface area contributed by atoms with Crippen molar-refractivity contribution in [2.24, 2.45) is 0 Å². The standard InChI is InChI=1S/C22H15BrFN3O2/c23-16-4-1-3-15(11-16)20-13-29-21(27-20)14-7-9-18(10-8-14)25-22(28)26-19-6-2-5-17(24)12-19/h1-13H,(H2,25,26,28). The first kappa shape index (κ1) is 18.9. The number of hydrogen-bond acceptors (Lipinski definition) is 3. The molecule has 2 N–H and O–H groups in total. The van der Waals surface area contributed by atoms with Crippen LogP contribution in [0.1, 0.15) is 0 Å². The molecule has 144 valence electrons. The maximum absolute atomic E-state index is 13.2. The van der Waals surface area contributed by atoms with Crippen LogP contribution in [0.25, 0.3) is 22.7 Å². The fourth-order valence-corrected chi connectivity index (χ4v) is 3.14. The second-order valence-electron chi connectivity index (χ2n) is 6.22. The molecule has 2 amide bonds. The lowest BCUT2D eigenvalue weighted by Crippen LogP contribution is -2.19. The molecule has 0 atom stereocenters. The van der Waals surface area contributed by atoms with Crippen LogP contribution in [0.2, 0.25) is 0 Å². The molecule has 0 unspecified atom stereocenters. The van der Waals surface area contributed by atoms with Gasteiger partial charge in [0.15, 0.2) is 0 Å². The van der Waals surface area contributed by atoms with Crippen molar-refractivity contribution in [1.82, 2.24) is 4.98 Å². The second-order valence-corrected chi connectivity index (χ2v) is 7.13. The maximum atomic E-state index is 13.2. The number of oxazole rings is 1. The summed E-state index contributed by atoms with van der Waals surface area (Å²) in [5.41, 5.74) is 3.42. The van der Waals surface area contributed by atoms with E-state index in [4.69, 9.17) is 4.42 Å². The summed E-state index contributed by atoms with van der Waals surface area (Å²) in [4.78, 5) is 16.6. The molecule has 0 bridgehead atoms. The Hall–Kier alpha value is -3.45. The minimum absolute atomic E-state index is 0.374. The fraction of sp³-hybridized carbons (Fsp3) is 0. The normalized spacial score (nSPS) is 10.6. The van der Waals surface area contributed by atoms with Crippen LogP contribution in [0.4, 0.5) is 20.6 Å². The van der Waals surface area contributed by atoms with Gasteiger partial charge in [-0.15, -0.1) is 0 Å². The van der Waals surface area contributed by atoms with Crippen LogP contribution >= 0.6 is 15.9 Å². The van der Waals surface area contributed by atoms with E-state index >= 15 is 0 Å². The first-order valence-electron chi connectivity index (χ1n) is 8.72. The van der Waals surface area contributed by atoms with Gasteiger partial charge in [-0.2, -0.15) is 0 Å². The van der Waals surface area contributed by atoms with E-state index in [0.717, 1.165) is 21.3 Å². The molecule has 29 heavy (non-hydrogen) atoms. The fourth-order valence-electron chi connectivity index (χ4n) is 2.74. The van der Waals surface area contributed by atoms with Gasteiger partial charge < -0.3 is 15.1 Å². The van der Waals surface area contributed by atoms with Crippen molar-refractivity contribution in [3.63, 3.8) is 0 Å². The molecule has 1 aromatic heterocycles. The zero-order chi connectivity index (χ0) is 20.2. The van der Waals surface area contributed by atoms with Gasteiger partial charge in [0.25, 0.3) is 0 Å². The second kappa shape index (κ2) is 8.28. The van der Waals surface area contributed by atoms with Gasteiger partial charge in [0.1, 0.15) is 17.8 Å². The monoisotopic (exact) mass is 451 g/mol. The van der Waals surface area contributed by atoms with E-state index in [1.54, 1.807) is 36.6 Å². The van der Waals surface area contributed by atoms with Gasteiger partial charge in [-0.25, -0.2) is 14.2 Å². The van der Waals surface area contributed by atoms with E-state index in [2.05, 4.69) is 31.5 Å².